The lowest BCUT2D eigenvalue weighted by atomic mass is 10.1. The molecule has 1 aromatic carbocycles. The Hall–Kier alpha value is -0.440. The van der Waals surface area contributed by atoms with E-state index in [9.17, 15) is 4.79 Å². The Labute approximate surface area is 116 Å². The molecule has 0 aliphatic rings. The largest absolute Gasteiger partial charge is 0.349 e. The van der Waals surface area contributed by atoms with Gasteiger partial charge in [0.15, 0.2) is 0 Å². The van der Waals surface area contributed by atoms with Gasteiger partial charge in [0, 0.05) is 21.8 Å². The Morgan fingerprint density at radius 2 is 2.00 bits per heavy atom. The summed E-state index contributed by atoms with van der Waals surface area (Å²) < 4.78 is 0. The lowest BCUT2D eigenvalue weighted by Crippen LogP contribution is -2.32. The van der Waals surface area contributed by atoms with Crippen LogP contribution in [0.2, 0.25) is 10.0 Å². The Kier molecular flexibility index (Phi) is 5.57. The zero-order valence-electron chi connectivity index (χ0n) is 9.64. The van der Waals surface area contributed by atoms with Crippen molar-refractivity contribution in [2.24, 2.45) is 5.92 Å². The van der Waals surface area contributed by atoms with E-state index in [0.717, 1.165) is 5.56 Å². The number of rotatable bonds is 4. The number of halogens is 3. The van der Waals surface area contributed by atoms with Gasteiger partial charge in [-0.05, 0) is 24.6 Å². The van der Waals surface area contributed by atoms with Crippen molar-refractivity contribution < 1.29 is 4.79 Å². The van der Waals surface area contributed by atoms with E-state index in [-0.39, 0.29) is 17.9 Å². The second kappa shape index (κ2) is 6.48. The molecule has 1 aromatic rings. The van der Waals surface area contributed by atoms with E-state index in [1.807, 2.05) is 6.92 Å². The van der Waals surface area contributed by atoms with E-state index in [4.69, 9.17) is 34.8 Å². The van der Waals surface area contributed by atoms with Gasteiger partial charge in [-0.3, -0.25) is 4.79 Å². The molecule has 2 unspecified atom stereocenters. The molecule has 1 rings (SSSR count). The monoisotopic (exact) mass is 293 g/mol. The molecule has 0 bridgehead atoms. The van der Waals surface area contributed by atoms with Crippen LogP contribution in [0.1, 0.15) is 25.5 Å². The van der Waals surface area contributed by atoms with Crippen LogP contribution in [-0.4, -0.2) is 11.8 Å². The van der Waals surface area contributed by atoms with Crippen molar-refractivity contribution >= 4 is 40.7 Å². The molecule has 0 spiro atoms. The summed E-state index contributed by atoms with van der Waals surface area (Å²) >= 11 is 17.5. The normalized spacial score (nSPS) is 14.2. The molecule has 0 aromatic heterocycles. The molecule has 0 saturated carbocycles. The Morgan fingerprint density at radius 1 is 1.35 bits per heavy atom. The van der Waals surface area contributed by atoms with Gasteiger partial charge in [-0.25, -0.2) is 0 Å². The van der Waals surface area contributed by atoms with Crippen molar-refractivity contribution in [3.05, 3.63) is 33.8 Å². The lowest BCUT2D eigenvalue weighted by molar-refractivity contribution is -0.124. The van der Waals surface area contributed by atoms with Crippen LogP contribution in [-0.2, 0) is 4.79 Å². The van der Waals surface area contributed by atoms with Crippen molar-refractivity contribution in [3.8, 4) is 0 Å². The lowest BCUT2D eigenvalue weighted by Gasteiger charge is -2.18. The summed E-state index contributed by atoms with van der Waals surface area (Å²) in [6.07, 6.45) is 0. The minimum absolute atomic E-state index is 0.0847. The third-order valence-corrected chi connectivity index (χ3v) is 3.49. The highest BCUT2D eigenvalue weighted by molar-refractivity contribution is 6.35. The fourth-order valence-corrected chi connectivity index (χ4v) is 2.07. The van der Waals surface area contributed by atoms with Crippen LogP contribution in [0.15, 0.2) is 18.2 Å². The van der Waals surface area contributed by atoms with Crippen molar-refractivity contribution in [2.75, 3.05) is 5.88 Å². The highest BCUT2D eigenvalue weighted by Crippen LogP contribution is 2.26. The molecule has 0 radical (unpaired) electrons. The number of amides is 1. The number of nitrogens with one attached hydrogen (secondary N) is 1. The van der Waals surface area contributed by atoms with Crippen LogP contribution in [0.4, 0.5) is 0 Å². The van der Waals surface area contributed by atoms with Crippen molar-refractivity contribution in [2.45, 2.75) is 19.9 Å². The minimum atomic E-state index is -0.217. The van der Waals surface area contributed by atoms with Crippen LogP contribution < -0.4 is 5.32 Å². The highest BCUT2D eigenvalue weighted by Gasteiger charge is 2.16. The van der Waals surface area contributed by atoms with Crippen LogP contribution >= 0.6 is 34.8 Å². The maximum atomic E-state index is 11.7. The third-order valence-electron chi connectivity index (χ3n) is 2.47. The number of carbonyl (C=O) groups excluding carboxylic acids is 1. The number of hydrogen-bond donors (Lipinski definition) is 1. The molecule has 5 heteroatoms. The first-order chi connectivity index (χ1) is 7.95. The van der Waals surface area contributed by atoms with Crippen LogP contribution in [0.3, 0.4) is 0 Å². The predicted molar refractivity (Wildman–Crippen MR) is 72.9 cm³/mol. The summed E-state index contributed by atoms with van der Waals surface area (Å²) in [4.78, 5) is 11.7. The molecule has 0 heterocycles. The molecule has 0 fully saturated rings. The minimum Gasteiger partial charge on any atom is -0.349 e. The van der Waals surface area contributed by atoms with Gasteiger partial charge in [0.25, 0.3) is 0 Å². The topological polar surface area (TPSA) is 29.1 Å². The summed E-state index contributed by atoms with van der Waals surface area (Å²) in [7, 11) is 0. The molecule has 2 nitrogen and oxygen atoms in total. The maximum Gasteiger partial charge on any atom is 0.224 e. The summed E-state index contributed by atoms with van der Waals surface area (Å²) in [5.74, 6) is -0.00361. The zero-order chi connectivity index (χ0) is 13.0. The predicted octanol–water partition coefficient (Wildman–Crippen LogP) is 4.05. The summed E-state index contributed by atoms with van der Waals surface area (Å²) in [6, 6.07) is 5.04. The Bertz CT molecular complexity index is 409. The van der Waals surface area contributed by atoms with Gasteiger partial charge in [-0.2, -0.15) is 0 Å². The number of carbonyl (C=O) groups is 1. The van der Waals surface area contributed by atoms with Crippen molar-refractivity contribution in [1.82, 2.24) is 5.32 Å². The second-order valence-corrected chi connectivity index (χ2v) is 5.10. The van der Waals surface area contributed by atoms with Gasteiger partial charge in [0.1, 0.15) is 0 Å². The highest BCUT2D eigenvalue weighted by atomic mass is 35.5. The van der Waals surface area contributed by atoms with Crippen molar-refractivity contribution in [3.63, 3.8) is 0 Å². The van der Waals surface area contributed by atoms with E-state index >= 15 is 0 Å². The molecular weight excluding hydrogens is 280 g/mol. The first-order valence-corrected chi connectivity index (χ1v) is 6.56. The van der Waals surface area contributed by atoms with Gasteiger partial charge >= 0.3 is 0 Å². The smallest absolute Gasteiger partial charge is 0.224 e. The van der Waals surface area contributed by atoms with Crippen molar-refractivity contribution in [1.29, 1.82) is 0 Å². The molecule has 94 valence electrons. The molecule has 0 aliphatic heterocycles. The Balaban J connectivity index is 2.76. The van der Waals surface area contributed by atoms with E-state index in [1.54, 1.807) is 25.1 Å². The standard InChI is InChI=1S/C12H14Cl3NO/c1-7(6-13)12(17)16-8(2)10-4-3-9(14)5-11(10)15/h3-5,7-8H,6H2,1-2H3,(H,16,17). The molecular formula is C12H14Cl3NO. The second-order valence-electron chi connectivity index (χ2n) is 3.95. The molecule has 17 heavy (non-hydrogen) atoms. The average Bonchev–Trinajstić information content (AvgIpc) is 2.27. The molecule has 1 amide bonds. The summed E-state index contributed by atoms with van der Waals surface area (Å²) in [5.41, 5.74) is 0.839. The van der Waals surface area contributed by atoms with Crippen LogP contribution in [0.25, 0.3) is 0 Å². The SMILES string of the molecule is CC(CCl)C(=O)NC(C)c1ccc(Cl)cc1Cl. The molecule has 2 atom stereocenters. The first-order valence-electron chi connectivity index (χ1n) is 5.27. The van der Waals surface area contributed by atoms with E-state index in [1.165, 1.54) is 0 Å². The first kappa shape index (κ1) is 14.6. The molecule has 0 aliphatic carbocycles. The Morgan fingerprint density at radius 3 is 2.53 bits per heavy atom. The zero-order valence-corrected chi connectivity index (χ0v) is 11.9. The maximum absolute atomic E-state index is 11.7. The van der Waals surface area contributed by atoms with E-state index < -0.39 is 0 Å². The fraction of sp³-hybridized carbons (Fsp3) is 0.417. The third kappa shape index (κ3) is 4.06. The van der Waals surface area contributed by atoms with E-state index in [2.05, 4.69) is 5.32 Å². The summed E-state index contributed by atoms with van der Waals surface area (Å²) in [5, 5.41) is 3.98. The number of hydrogen-bond acceptors (Lipinski definition) is 1. The summed E-state index contributed by atoms with van der Waals surface area (Å²) in [6.45, 7) is 3.65. The van der Waals surface area contributed by atoms with Gasteiger partial charge < -0.3 is 5.32 Å². The van der Waals surface area contributed by atoms with Gasteiger partial charge in [0.05, 0.1) is 6.04 Å². The number of benzene rings is 1. The fourth-order valence-electron chi connectivity index (χ4n) is 1.36. The molecule has 1 N–H and O–H groups in total. The average molecular weight is 295 g/mol. The van der Waals surface area contributed by atoms with Crippen LogP contribution in [0.5, 0.6) is 0 Å². The number of alkyl halides is 1. The van der Waals surface area contributed by atoms with Crippen LogP contribution in [0, 0.1) is 5.92 Å². The van der Waals surface area contributed by atoms with E-state index in [0.29, 0.717) is 15.9 Å². The molecule has 0 saturated heterocycles. The van der Waals surface area contributed by atoms with Gasteiger partial charge in [-0.15, -0.1) is 11.6 Å². The van der Waals surface area contributed by atoms with Gasteiger partial charge in [0.2, 0.25) is 5.91 Å². The quantitative estimate of drug-likeness (QED) is 0.834. The van der Waals surface area contributed by atoms with Gasteiger partial charge in [-0.1, -0.05) is 36.2 Å².